The Labute approximate surface area is 148 Å². The van der Waals surface area contributed by atoms with Crippen LogP contribution in [-0.2, 0) is 11.4 Å². The minimum atomic E-state index is -1.04. The van der Waals surface area contributed by atoms with Crippen LogP contribution < -0.4 is 0 Å². The topological polar surface area (TPSA) is 103 Å². The van der Waals surface area contributed by atoms with E-state index in [1.54, 1.807) is 24.3 Å². The predicted octanol–water partition coefficient (Wildman–Crippen LogP) is 3.13. The summed E-state index contributed by atoms with van der Waals surface area (Å²) in [5.74, 6) is -2.37. The maximum atomic E-state index is 12.9. The molecule has 0 aliphatic heterocycles. The third-order valence-electron chi connectivity index (χ3n) is 4.07. The van der Waals surface area contributed by atoms with Gasteiger partial charge in [-0.25, -0.2) is 0 Å². The number of aliphatic hydroxyl groups is 1. The molecule has 0 fully saturated rings. The summed E-state index contributed by atoms with van der Waals surface area (Å²) in [4.78, 5) is 31.5. The fraction of sp³-hybridized carbons (Fsp3) is 0.167. The van der Waals surface area contributed by atoms with E-state index in [-0.39, 0.29) is 18.0 Å². The Morgan fingerprint density at radius 2 is 2.04 bits per heavy atom. The van der Waals surface area contributed by atoms with Gasteiger partial charge >= 0.3 is 5.97 Å². The zero-order valence-corrected chi connectivity index (χ0v) is 14.0. The zero-order chi connectivity index (χ0) is 18.1. The van der Waals surface area contributed by atoms with E-state index in [2.05, 4.69) is 9.97 Å². The summed E-state index contributed by atoms with van der Waals surface area (Å²) < 4.78 is 0. The summed E-state index contributed by atoms with van der Waals surface area (Å²) in [5.41, 5.74) is 1.81. The molecule has 3 aromatic rings. The van der Waals surface area contributed by atoms with Crippen LogP contribution >= 0.6 is 11.6 Å². The first-order valence-electron chi connectivity index (χ1n) is 7.56. The van der Waals surface area contributed by atoms with E-state index in [0.717, 1.165) is 0 Å². The number of carbonyl (C=O) groups is 2. The molecule has 0 aliphatic rings. The highest BCUT2D eigenvalue weighted by atomic mass is 35.5. The van der Waals surface area contributed by atoms with E-state index in [4.69, 9.17) is 11.6 Å². The number of carboxylic acid groups (broad SMARTS) is 1. The molecule has 1 unspecified atom stereocenters. The number of hydrogen-bond acceptors (Lipinski definition) is 4. The van der Waals surface area contributed by atoms with Crippen molar-refractivity contribution in [3.05, 3.63) is 64.1 Å². The van der Waals surface area contributed by atoms with Gasteiger partial charge in [0.1, 0.15) is 5.69 Å². The highest BCUT2D eigenvalue weighted by Gasteiger charge is 2.27. The number of carbonyl (C=O) groups excluding carboxylic acids is 1. The average Bonchev–Trinajstić information content (AvgIpc) is 2.98. The minimum Gasteiger partial charge on any atom is -0.481 e. The minimum absolute atomic E-state index is 0.128. The molecule has 0 amide bonds. The van der Waals surface area contributed by atoms with Crippen molar-refractivity contribution in [3.63, 3.8) is 0 Å². The number of carboxylic acids is 1. The highest BCUT2D eigenvalue weighted by molar-refractivity contribution is 6.31. The Kier molecular flexibility index (Phi) is 4.57. The molecule has 25 heavy (non-hydrogen) atoms. The molecule has 128 valence electrons. The average molecular weight is 359 g/mol. The quantitative estimate of drug-likeness (QED) is 0.608. The summed E-state index contributed by atoms with van der Waals surface area (Å²) in [5, 5.41) is 19.8. The lowest BCUT2D eigenvalue weighted by atomic mass is 9.95. The monoisotopic (exact) mass is 358 g/mol. The lowest BCUT2D eigenvalue weighted by Gasteiger charge is -2.09. The number of pyridine rings is 1. The van der Waals surface area contributed by atoms with Gasteiger partial charge < -0.3 is 15.2 Å². The second-order valence-electron chi connectivity index (χ2n) is 5.70. The lowest BCUT2D eigenvalue weighted by Crippen LogP contribution is -2.13. The largest absolute Gasteiger partial charge is 0.481 e. The van der Waals surface area contributed by atoms with Crippen LogP contribution in [0.25, 0.3) is 10.9 Å². The molecule has 6 nitrogen and oxygen atoms in total. The van der Waals surface area contributed by atoms with Gasteiger partial charge in [0, 0.05) is 27.7 Å². The van der Waals surface area contributed by atoms with E-state index in [0.29, 0.717) is 27.1 Å². The van der Waals surface area contributed by atoms with Crippen LogP contribution in [0.15, 0.2) is 36.5 Å². The van der Waals surface area contributed by atoms with Gasteiger partial charge in [-0.15, -0.1) is 0 Å². The molecular weight excluding hydrogens is 344 g/mol. The third kappa shape index (κ3) is 3.14. The first-order valence-corrected chi connectivity index (χ1v) is 7.94. The Morgan fingerprint density at radius 3 is 2.72 bits per heavy atom. The van der Waals surface area contributed by atoms with Crippen molar-refractivity contribution in [2.75, 3.05) is 0 Å². The Balaban J connectivity index is 2.21. The normalized spacial score (nSPS) is 12.3. The number of hydrogen-bond donors (Lipinski definition) is 3. The molecule has 1 atom stereocenters. The number of aliphatic hydroxyl groups excluding tert-OH is 1. The SMILES string of the molecule is CC(C(=O)O)c1c(C(=O)c2cc(CO)ccn2)[nH]c2cc(Cl)ccc12. The zero-order valence-electron chi connectivity index (χ0n) is 13.3. The van der Waals surface area contributed by atoms with Gasteiger partial charge in [0.25, 0.3) is 0 Å². The van der Waals surface area contributed by atoms with Gasteiger partial charge in [-0.3, -0.25) is 14.6 Å². The maximum Gasteiger partial charge on any atom is 0.310 e. The number of aromatic nitrogens is 2. The number of nitrogens with zero attached hydrogens (tertiary/aromatic N) is 1. The van der Waals surface area contributed by atoms with Crippen LogP contribution in [0.5, 0.6) is 0 Å². The van der Waals surface area contributed by atoms with Crippen molar-refractivity contribution >= 4 is 34.3 Å². The number of rotatable bonds is 5. The fourth-order valence-corrected chi connectivity index (χ4v) is 2.94. The number of nitrogens with one attached hydrogen (secondary N) is 1. The predicted molar refractivity (Wildman–Crippen MR) is 93.0 cm³/mol. The van der Waals surface area contributed by atoms with E-state index in [9.17, 15) is 19.8 Å². The molecule has 7 heteroatoms. The van der Waals surface area contributed by atoms with E-state index < -0.39 is 17.7 Å². The summed E-state index contributed by atoms with van der Waals surface area (Å²) in [6.45, 7) is 1.30. The molecule has 2 heterocycles. The van der Waals surface area contributed by atoms with Crippen LogP contribution in [0.2, 0.25) is 5.02 Å². The van der Waals surface area contributed by atoms with Crippen molar-refractivity contribution in [2.45, 2.75) is 19.4 Å². The number of benzene rings is 1. The highest BCUT2D eigenvalue weighted by Crippen LogP contribution is 2.32. The Bertz CT molecular complexity index is 980. The molecule has 3 N–H and O–H groups in total. The van der Waals surface area contributed by atoms with Crippen LogP contribution in [0, 0.1) is 0 Å². The maximum absolute atomic E-state index is 12.9. The number of ketones is 1. The molecule has 0 spiro atoms. The van der Waals surface area contributed by atoms with Gasteiger partial charge in [0.05, 0.1) is 18.2 Å². The van der Waals surface area contributed by atoms with Gasteiger partial charge in [-0.1, -0.05) is 17.7 Å². The number of halogens is 1. The number of fused-ring (bicyclic) bond motifs is 1. The van der Waals surface area contributed by atoms with Crippen LogP contribution in [0.1, 0.15) is 40.2 Å². The number of H-pyrrole nitrogens is 1. The standard InChI is InChI=1S/C18H15ClN2O4/c1-9(18(24)25)15-12-3-2-11(19)7-13(12)21-16(15)17(23)14-6-10(8-22)4-5-20-14/h2-7,9,21-22H,8H2,1H3,(H,24,25). The number of aliphatic carboxylic acids is 1. The molecule has 0 aliphatic carbocycles. The van der Waals surface area contributed by atoms with Crippen molar-refractivity contribution in [2.24, 2.45) is 0 Å². The summed E-state index contributed by atoms with van der Waals surface area (Å²) in [6, 6.07) is 8.06. The Morgan fingerprint density at radius 1 is 1.28 bits per heavy atom. The van der Waals surface area contributed by atoms with Gasteiger partial charge in [-0.2, -0.15) is 0 Å². The molecular formula is C18H15ClN2O4. The smallest absolute Gasteiger partial charge is 0.310 e. The molecule has 0 saturated heterocycles. The molecule has 2 aromatic heterocycles. The van der Waals surface area contributed by atoms with Crippen LogP contribution in [0.4, 0.5) is 0 Å². The van der Waals surface area contributed by atoms with E-state index >= 15 is 0 Å². The second kappa shape index (κ2) is 6.66. The molecule has 0 radical (unpaired) electrons. The van der Waals surface area contributed by atoms with Gasteiger partial charge in [-0.05, 0) is 36.8 Å². The van der Waals surface area contributed by atoms with E-state index in [1.165, 1.54) is 19.2 Å². The summed E-state index contributed by atoms with van der Waals surface area (Å²) in [6.07, 6.45) is 1.43. The lowest BCUT2D eigenvalue weighted by molar-refractivity contribution is -0.138. The van der Waals surface area contributed by atoms with Crippen LogP contribution in [0.3, 0.4) is 0 Å². The fourth-order valence-electron chi connectivity index (χ4n) is 2.77. The van der Waals surface area contributed by atoms with Crippen molar-refractivity contribution in [3.8, 4) is 0 Å². The first kappa shape index (κ1) is 17.1. The summed E-state index contributed by atoms with van der Waals surface area (Å²) >= 11 is 6.00. The summed E-state index contributed by atoms with van der Waals surface area (Å²) in [7, 11) is 0. The van der Waals surface area contributed by atoms with Gasteiger partial charge in [0.2, 0.25) is 5.78 Å². The van der Waals surface area contributed by atoms with Crippen LogP contribution in [-0.4, -0.2) is 31.9 Å². The third-order valence-corrected chi connectivity index (χ3v) is 4.31. The molecule has 0 bridgehead atoms. The number of aromatic amines is 1. The molecule has 0 saturated carbocycles. The van der Waals surface area contributed by atoms with Crippen molar-refractivity contribution in [1.82, 2.24) is 9.97 Å². The van der Waals surface area contributed by atoms with E-state index in [1.807, 2.05) is 0 Å². The van der Waals surface area contributed by atoms with Crippen molar-refractivity contribution < 1.29 is 19.8 Å². The molecule has 3 rings (SSSR count). The first-order chi connectivity index (χ1) is 11.9. The molecule has 1 aromatic carbocycles. The Hall–Kier alpha value is -2.70. The van der Waals surface area contributed by atoms with Gasteiger partial charge in [0.15, 0.2) is 0 Å². The van der Waals surface area contributed by atoms with Crippen molar-refractivity contribution in [1.29, 1.82) is 0 Å². The second-order valence-corrected chi connectivity index (χ2v) is 6.14.